The lowest BCUT2D eigenvalue weighted by atomic mass is 10.1. The van der Waals surface area contributed by atoms with Gasteiger partial charge in [-0.1, -0.05) is 48.5 Å². The standard InChI is InChI=1S/C20H25N3O/c1-16-8-6-7-11-19(16)21-20(24)23-14-12-22(13-15-23)17(2)18-9-4-3-5-10-18/h3-11,17H,12-15H2,1-2H3,(H,21,24). The van der Waals surface area contributed by atoms with E-state index in [9.17, 15) is 4.79 Å². The fourth-order valence-corrected chi connectivity index (χ4v) is 3.16. The molecular formula is C20H25N3O. The molecule has 2 aromatic carbocycles. The van der Waals surface area contributed by atoms with Crippen LogP contribution in [0, 0.1) is 6.92 Å². The molecule has 24 heavy (non-hydrogen) atoms. The van der Waals surface area contributed by atoms with Gasteiger partial charge in [-0.2, -0.15) is 0 Å². The van der Waals surface area contributed by atoms with E-state index >= 15 is 0 Å². The van der Waals surface area contributed by atoms with E-state index in [1.165, 1.54) is 5.56 Å². The topological polar surface area (TPSA) is 35.6 Å². The van der Waals surface area contributed by atoms with Crippen molar-refractivity contribution in [1.29, 1.82) is 0 Å². The van der Waals surface area contributed by atoms with Gasteiger partial charge in [-0.25, -0.2) is 4.79 Å². The molecule has 0 aliphatic carbocycles. The molecule has 1 aliphatic heterocycles. The minimum atomic E-state index is -0.00341. The highest BCUT2D eigenvalue weighted by molar-refractivity contribution is 5.90. The molecule has 2 aromatic rings. The van der Waals surface area contributed by atoms with Crippen LogP contribution >= 0.6 is 0 Å². The van der Waals surface area contributed by atoms with Crippen LogP contribution in [0.25, 0.3) is 0 Å². The Hall–Kier alpha value is -2.33. The number of piperazine rings is 1. The highest BCUT2D eigenvalue weighted by Crippen LogP contribution is 2.21. The van der Waals surface area contributed by atoms with Crippen molar-refractivity contribution in [3.8, 4) is 0 Å². The lowest BCUT2D eigenvalue weighted by Gasteiger charge is -2.38. The summed E-state index contributed by atoms with van der Waals surface area (Å²) < 4.78 is 0. The molecule has 4 heteroatoms. The van der Waals surface area contributed by atoms with E-state index in [1.54, 1.807) is 0 Å². The normalized spacial score (nSPS) is 16.7. The van der Waals surface area contributed by atoms with Crippen LogP contribution < -0.4 is 5.32 Å². The minimum Gasteiger partial charge on any atom is -0.322 e. The second kappa shape index (κ2) is 7.49. The molecule has 1 atom stereocenters. The zero-order chi connectivity index (χ0) is 16.9. The van der Waals surface area contributed by atoms with Gasteiger partial charge in [-0.3, -0.25) is 4.90 Å². The maximum absolute atomic E-state index is 12.5. The van der Waals surface area contributed by atoms with Gasteiger partial charge in [-0.15, -0.1) is 0 Å². The van der Waals surface area contributed by atoms with Crippen LogP contribution in [0.15, 0.2) is 54.6 Å². The van der Waals surface area contributed by atoms with Crippen molar-refractivity contribution in [3.05, 3.63) is 65.7 Å². The Kier molecular flexibility index (Phi) is 5.16. The average molecular weight is 323 g/mol. The van der Waals surface area contributed by atoms with E-state index in [0.29, 0.717) is 6.04 Å². The number of aryl methyl sites for hydroxylation is 1. The summed E-state index contributed by atoms with van der Waals surface area (Å²) in [5.41, 5.74) is 3.31. The van der Waals surface area contributed by atoms with E-state index in [0.717, 1.165) is 37.4 Å². The van der Waals surface area contributed by atoms with Crippen LogP contribution in [0.1, 0.15) is 24.1 Å². The number of nitrogens with one attached hydrogen (secondary N) is 1. The molecule has 1 saturated heterocycles. The van der Waals surface area contributed by atoms with Crippen molar-refractivity contribution < 1.29 is 4.79 Å². The van der Waals surface area contributed by atoms with Gasteiger partial charge < -0.3 is 10.2 Å². The Bertz CT molecular complexity index is 678. The average Bonchev–Trinajstić information content (AvgIpc) is 2.64. The van der Waals surface area contributed by atoms with Crippen molar-refractivity contribution in [2.45, 2.75) is 19.9 Å². The first kappa shape index (κ1) is 16.5. The van der Waals surface area contributed by atoms with Crippen LogP contribution in [0.5, 0.6) is 0 Å². The first-order valence-electron chi connectivity index (χ1n) is 8.55. The first-order chi connectivity index (χ1) is 11.6. The molecule has 2 amide bonds. The Labute approximate surface area is 144 Å². The van der Waals surface area contributed by atoms with Gasteiger partial charge in [0.1, 0.15) is 0 Å². The number of carbonyl (C=O) groups is 1. The smallest absolute Gasteiger partial charge is 0.321 e. The Morgan fingerprint density at radius 1 is 0.958 bits per heavy atom. The predicted molar refractivity (Wildman–Crippen MR) is 98.2 cm³/mol. The molecule has 1 fully saturated rings. The maximum atomic E-state index is 12.5. The van der Waals surface area contributed by atoms with Crippen LogP contribution in [0.3, 0.4) is 0 Å². The fraction of sp³-hybridized carbons (Fsp3) is 0.350. The summed E-state index contributed by atoms with van der Waals surface area (Å²) >= 11 is 0. The Balaban J connectivity index is 1.55. The van der Waals surface area contributed by atoms with Gasteiger partial charge in [-0.05, 0) is 31.0 Å². The van der Waals surface area contributed by atoms with Gasteiger partial charge in [0.05, 0.1) is 0 Å². The number of hydrogen-bond acceptors (Lipinski definition) is 2. The lowest BCUT2D eigenvalue weighted by Crippen LogP contribution is -2.50. The zero-order valence-corrected chi connectivity index (χ0v) is 14.4. The largest absolute Gasteiger partial charge is 0.322 e. The SMILES string of the molecule is Cc1ccccc1NC(=O)N1CCN(C(C)c2ccccc2)CC1. The second-order valence-electron chi connectivity index (χ2n) is 6.35. The number of urea groups is 1. The van der Waals surface area contributed by atoms with Crippen LogP contribution in [-0.4, -0.2) is 42.0 Å². The molecule has 0 spiro atoms. The summed E-state index contributed by atoms with van der Waals surface area (Å²) in [6, 6.07) is 18.8. The third kappa shape index (κ3) is 3.77. The summed E-state index contributed by atoms with van der Waals surface area (Å²) in [6.07, 6.45) is 0. The minimum absolute atomic E-state index is 0.00341. The molecule has 0 aromatic heterocycles. The third-order valence-electron chi connectivity index (χ3n) is 4.82. The number of amides is 2. The molecule has 1 aliphatic rings. The fourth-order valence-electron chi connectivity index (χ4n) is 3.16. The van der Waals surface area contributed by atoms with Gasteiger partial charge in [0.15, 0.2) is 0 Å². The quantitative estimate of drug-likeness (QED) is 0.929. The van der Waals surface area contributed by atoms with Crippen LogP contribution in [-0.2, 0) is 0 Å². The lowest BCUT2D eigenvalue weighted by molar-refractivity contribution is 0.119. The summed E-state index contributed by atoms with van der Waals surface area (Å²) in [5.74, 6) is 0. The van der Waals surface area contributed by atoms with Gasteiger partial charge in [0, 0.05) is 37.9 Å². The third-order valence-corrected chi connectivity index (χ3v) is 4.82. The number of hydrogen-bond donors (Lipinski definition) is 1. The molecule has 0 radical (unpaired) electrons. The van der Waals surface area contributed by atoms with Gasteiger partial charge in [0.25, 0.3) is 0 Å². The monoisotopic (exact) mass is 323 g/mol. The zero-order valence-electron chi connectivity index (χ0n) is 14.4. The van der Waals surface area contributed by atoms with E-state index in [1.807, 2.05) is 42.2 Å². The van der Waals surface area contributed by atoms with E-state index in [-0.39, 0.29) is 6.03 Å². The maximum Gasteiger partial charge on any atom is 0.321 e. The van der Waals surface area contributed by atoms with Crippen LogP contribution in [0.4, 0.5) is 10.5 Å². The number of carbonyl (C=O) groups excluding carboxylic acids is 1. The number of benzene rings is 2. The molecule has 1 heterocycles. The molecule has 126 valence electrons. The van der Waals surface area contributed by atoms with Gasteiger partial charge in [0.2, 0.25) is 0 Å². The summed E-state index contributed by atoms with van der Waals surface area (Å²) in [7, 11) is 0. The van der Waals surface area contributed by atoms with Crippen molar-refractivity contribution in [3.63, 3.8) is 0 Å². The summed E-state index contributed by atoms with van der Waals surface area (Å²) in [4.78, 5) is 16.8. The molecule has 0 bridgehead atoms. The predicted octanol–water partition coefficient (Wildman–Crippen LogP) is 3.91. The Morgan fingerprint density at radius 2 is 1.58 bits per heavy atom. The highest BCUT2D eigenvalue weighted by Gasteiger charge is 2.24. The molecule has 0 saturated carbocycles. The molecule has 1 N–H and O–H groups in total. The van der Waals surface area contributed by atoms with Crippen LogP contribution in [0.2, 0.25) is 0 Å². The van der Waals surface area contributed by atoms with E-state index < -0.39 is 0 Å². The number of anilines is 1. The van der Waals surface area contributed by atoms with Gasteiger partial charge >= 0.3 is 6.03 Å². The second-order valence-corrected chi connectivity index (χ2v) is 6.35. The van der Waals surface area contributed by atoms with Crippen molar-refractivity contribution in [2.24, 2.45) is 0 Å². The number of rotatable bonds is 3. The Morgan fingerprint density at radius 3 is 2.25 bits per heavy atom. The van der Waals surface area contributed by atoms with E-state index in [2.05, 4.69) is 41.4 Å². The first-order valence-corrected chi connectivity index (χ1v) is 8.55. The molecule has 1 unspecified atom stereocenters. The molecule has 4 nitrogen and oxygen atoms in total. The number of para-hydroxylation sites is 1. The van der Waals surface area contributed by atoms with Crippen molar-refractivity contribution >= 4 is 11.7 Å². The van der Waals surface area contributed by atoms with Crippen molar-refractivity contribution in [2.75, 3.05) is 31.5 Å². The molecular weight excluding hydrogens is 298 g/mol. The molecule has 3 rings (SSSR count). The summed E-state index contributed by atoms with van der Waals surface area (Å²) in [5, 5.41) is 3.02. The number of nitrogens with zero attached hydrogens (tertiary/aromatic N) is 2. The highest BCUT2D eigenvalue weighted by atomic mass is 16.2. The van der Waals surface area contributed by atoms with E-state index in [4.69, 9.17) is 0 Å². The summed E-state index contributed by atoms with van der Waals surface area (Å²) in [6.45, 7) is 7.56. The van der Waals surface area contributed by atoms with Crippen molar-refractivity contribution in [1.82, 2.24) is 9.80 Å².